The monoisotopic (exact) mass is 493 g/mol. The van der Waals surface area contributed by atoms with Crippen molar-refractivity contribution >= 4 is 12.2 Å². The van der Waals surface area contributed by atoms with Crippen LogP contribution in [0.5, 0.6) is 5.88 Å². The highest BCUT2D eigenvalue weighted by Crippen LogP contribution is 2.48. The second-order valence-electron chi connectivity index (χ2n) is 11.3. The molecule has 0 bridgehead atoms. The number of hydrogen-bond acceptors (Lipinski definition) is 5. The summed E-state index contributed by atoms with van der Waals surface area (Å²) in [6.45, 7) is 7.38. The molecule has 2 N–H and O–H groups in total. The topological polar surface area (TPSA) is 101 Å². The van der Waals surface area contributed by atoms with Gasteiger partial charge in [-0.1, -0.05) is 50.1 Å². The van der Waals surface area contributed by atoms with E-state index < -0.39 is 17.7 Å². The Bertz CT molecular complexity index is 1120. The van der Waals surface area contributed by atoms with Crippen molar-refractivity contribution in [3.63, 3.8) is 0 Å². The van der Waals surface area contributed by atoms with E-state index in [0.717, 1.165) is 29.7 Å². The zero-order valence-electron chi connectivity index (χ0n) is 21.2. The predicted octanol–water partition coefficient (Wildman–Crippen LogP) is 5.06. The van der Waals surface area contributed by atoms with Crippen LogP contribution in [-0.4, -0.2) is 46.4 Å². The fourth-order valence-electron chi connectivity index (χ4n) is 5.68. The van der Waals surface area contributed by atoms with Gasteiger partial charge in [0, 0.05) is 36.4 Å². The lowest BCUT2D eigenvalue weighted by atomic mass is 9.82. The van der Waals surface area contributed by atoms with Crippen LogP contribution in [0.25, 0.3) is 0 Å². The highest BCUT2D eigenvalue weighted by atomic mass is 16.5. The maximum absolute atomic E-state index is 12.7. The Hall–Kier alpha value is -3.29. The van der Waals surface area contributed by atoms with Crippen LogP contribution in [0.4, 0.5) is 9.59 Å². The van der Waals surface area contributed by atoms with Crippen molar-refractivity contribution in [1.82, 2.24) is 15.2 Å². The lowest BCUT2D eigenvalue weighted by Gasteiger charge is -2.30. The molecule has 5 rings (SSSR count). The molecule has 1 saturated heterocycles. The van der Waals surface area contributed by atoms with Crippen molar-refractivity contribution in [2.24, 2.45) is 11.8 Å². The molecule has 2 aliphatic carbocycles. The molecule has 1 aromatic carbocycles. The first-order valence-electron chi connectivity index (χ1n) is 12.8. The van der Waals surface area contributed by atoms with E-state index in [9.17, 15) is 14.7 Å². The molecule has 0 spiro atoms. The number of amides is 2. The number of rotatable bonds is 7. The number of carbonyl (C=O) groups is 2. The molecule has 192 valence electrons. The number of fused-ring (bicyclic) bond motifs is 1. The van der Waals surface area contributed by atoms with Crippen LogP contribution in [0.2, 0.25) is 0 Å². The maximum Gasteiger partial charge on any atom is 0.408 e. The first-order valence-corrected chi connectivity index (χ1v) is 12.8. The summed E-state index contributed by atoms with van der Waals surface area (Å²) in [5.74, 6) is 0.983. The van der Waals surface area contributed by atoms with Gasteiger partial charge in [0.05, 0.1) is 11.2 Å². The first kappa shape index (κ1) is 24.4. The lowest BCUT2D eigenvalue weighted by Crippen LogP contribution is -2.41. The van der Waals surface area contributed by atoms with E-state index in [0.29, 0.717) is 19.0 Å². The number of nitrogens with zero attached hydrogens (tertiary/aromatic N) is 2. The molecule has 8 nitrogen and oxygen atoms in total. The number of aromatic nitrogens is 1. The molecule has 36 heavy (non-hydrogen) atoms. The number of carbonyl (C=O) groups excluding carboxylic acids is 1. The number of hydrogen-bond donors (Lipinski definition) is 2. The van der Waals surface area contributed by atoms with Gasteiger partial charge in [-0.25, -0.2) is 14.6 Å². The van der Waals surface area contributed by atoms with Gasteiger partial charge in [0.15, 0.2) is 0 Å². The molecule has 8 heteroatoms. The lowest BCUT2D eigenvalue weighted by molar-refractivity contribution is 0.129. The summed E-state index contributed by atoms with van der Waals surface area (Å²) in [5, 5.41) is 12.3. The third-order valence-corrected chi connectivity index (χ3v) is 8.12. The van der Waals surface area contributed by atoms with Crippen LogP contribution >= 0.6 is 0 Å². The molecular weight excluding hydrogens is 458 g/mol. The summed E-state index contributed by atoms with van der Waals surface area (Å²) in [5.41, 5.74) is 2.08. The summed E-state index contributed by atoms with van der Waals surface area (Å²) < 4.78 is 11.8. The van der Waals surface area contributed by atoms with Crippen molar-refractivity contribution in [2.75, 3.05) is 13.1 Å². The molecule has 1 aliphatic heterocycles. The number of ether oxygens (including phenoxy) is 2. The molecule has 3 fully saturated rings. The van der Waals surface area contributed by atoms with Crippen molar-refractivity contribution in [3.8, 4) is 5.88 Å². The standard InChI is InChI=1S/C28H35N3O5/c1-27(2,30-25(32)35-17-18-9-5-4-6-10-18)19-13-22(28(3)11-7-8-12-28)29-23(14-19)36-24-20-15-31(26(33)34)16-21(20)24/h4-6,9-10,13-14,20-21,24H,7-8,11-12,15-17H2,1-3H3,(H,30,32)(H,33,34)/t20-,21+,24?. The summed E-state index contributed by atoms with van der Waals surface area (Å²) >= 11 is 0. The third-order valence-electron chi connectivity index (χ3n) is 8.12. The van der Waals surface area contributed by atoms with E-state index in [1.165, 1.54) is 17.7 Å². The van der Waals surface area contributed by atoms with Crippen molar-refractivity contribution in [2.45, 2.75) is 70.1 Å². The van der Waals surface area contributed by atoms with E-state index in [-0.39, 0.29) is 30.0 Å². The number of pyridine rings is 1. The Kier molecular flexibility index (Phi) is 6.30. The van der Waals surface area contributed by atoms with Crippen LogP contribution in [0.3, 0.4) is 0 Å². The second-order valence-corrected chi connectivity index (χ2v) is 11.3. The Balaban J connectivity index is 1.32. The van der Waals surface area contributed by atoms with Crippen LogP contribution in [0.1, 0.15) is 63.3 Å². The number of nitrogens with one attached hydrogen (secondary N) is 1. The molecule has 1 aromatic heterocycles. The van der Waals surface area contributed by atoms with Gasteiger partial charge in [0.2, 0.25) is 5.88 Å². The number of carboxylic acid groups (broad SMARTS) is 1. The first-order chi connectivity index (χ1) is 17.1. The summed E-state index contributed by atoms with van der Waals surface area (Å²) in [7, 11) is 0. The zero-order valence-corrected chi connectivity index (χ0v) is 21.2. The van der Waals surface area contributed by atoms with Crippen LogP contribution in [0, 0.1) is 11.8 Å². The molecule has 1 unspecified atom stereocenters. The van der Waals surface area contributed by atoms with Gasteiger partial charge in [0.25, 0.3) is 0 Å². The average molecular weight is 494 g/mol. The summed E-state index contributed by atoms with van der Waals surface area (Å²) in [6.07, 6.45) is 3.11. The molecule has 2 aromatic rings. The number of piperidine rings is 1. The Morgan fingerprint density at radius 3 is 2.44 bits per heavy atom. The fraction of sp³-hybridized carbons (Fsp3) is 0.536. The average Bonchev–Trinajstić information content (AvgIpc) is 3.20. The normalized spacial score (nSPS) is 24.2. The molecule has 3 aliphatic rings. The summed E-state index contributed by atoms with van der Waals surface area (Å²) in [4.78, 5) is 30.3. The SMILES string of the molecule is CC1(c2cc(C(C)(C)NC(=O)OCc3ccccc3)cc(OC3[C@H]4CN(C(=O)O)C[C@@H]34)n2)CCCC1. The van der Waals surface area contributed by atoms with Crippen LogP contribution < -0.4 is 10.1 Å². The molecule has 2 heterocycles. The van der Waals surface area contributed by atoms with Gasteiger partial charge in [-0.3, -0.25) is 0 Å². The van der Waals surface area contributed by atoms with E-state index in [4.69, 9.17) is 14.5 Å². The van der Waals surface area contributed by atoms with E-state index >= 15 is 0 Å². The predicted molar refractivity (Wildman–Crippen MR) is 134 cm³/mol. The minimum atomic E-state index is -0.871. The number of likely N-dealkylation sites (tertiary alicyclic amines) is 1. The zero-order chi connectivity index (χ0) is 25.5. The number of alkyl carbamates (subject to hydrolysis) is 1. The molecule has 2 amide bonds. The van der Waals surface area contributed by atoms with Crippen molar-refractivity contribution in [3.05, 3.63) is 59.3 Å². The van der Waals surface area contributed by atoms with E-state index in [1.54, 1.807) is 0 Å². The Labute approximate surface area is 212 Å². The molecule has 2 saturated carbocycles. The van der Waals surface area contributed by atoms with Crippen molar-refractivity contribution < 1.29 is 24.2 Å². The van der Waals surface area contributed by atoms with Crippen LogP contribution in [0.15, 0.2) is 42.5 Å². The van der Waals surface area contributed by atoms with Gasteiger partial charge < -0.3 is 24.8 Å². The van der Waals surface area contributed by atoms with E-state index in [1.807, 2.05) is 50.2 Å². The second kappa shape index (κ2) is 9.30. The van der Waals surface area contributed by atoms with Gasteiger partial charge >= 0.3 is 12.2 Å². The maximum atomic E-state index is 12.7. The van der Waals surface area contributed by atoms with Gasteiger partial charge in [-0.05, 0) is 43.9 Å². The quantitative estimate of drug-likeness (QED) is 0.559. The van der Waals surface area contributed by atoms with Gasteiger partial charge in [-0.2, -0.15) is 0 Å². The van der Waals surface area contributed by atoms with E-state index in [2.05, 4.69) is 18.3 Å². The minimum Gasteiger partial charge on any atom is -0.474 e. The smallest absolute Gasteiger partial charge is 0.408 e. The molecule has 0 radical (unpaired) electrons. The summed E-state index contributed by atoms with van der Waals surface area (Å²) in [6, 6.07) is 13.6. The highest BCUT2D eigenvalue weighted by molar-refractivity contribution is 5.68. The van der Waals surface area contributed by atoms with Crippen molar-refractivity contribution in [1.29, 1.82) is 0 Å². The molecule has 3 atom stereocenters. The van der Waals surface area contributed by atoms with Gasteiger partial charge in [0.1, 0.15) is 12.7 Å². The Morgan fingerprint density at radius 1 is 1.14 bits per heavy atom. The molecular formula is C28H35N3O5. The number of benzene rings is 1. The largest absolute Gasteiger partial charge is 0.474 e. The third kappa shape index (κ3) is 4.99. The Morgan fingerprint density at radius 2 is 1.81 bits per heavy atom. The van der Waals surface area contributed by atoms with Gasteiger partial charge in [-0.15, -0.1) is 0 Å². The fourth-order valence-corrected chi connectivity index (χ4v) is 5.68. The van der Waals surface area contributed by atoms with Crippen LogP contribution in [-0.2, 0) is 22.3 Å². The highest BCUT2D eigenvalue weighted by Gasteiger charge is 2.59. The minimum absolute atomic E-state index is 0.0144.